The molecule has 0 rings (SSSR count). The fraction of sp³-hybridized carbons (Fsp3) is 0.900. The van der Waals surface area contributed by atoms with Gasteiger partial charge in [-0.3, -0.25) is 4.79 Å². The molecule has 0 aliphatic carbocycles. The van der Waals surface area contributed by atoms with E-state index in [1.54, 1.807) is 0 Å². The minimum absolute atomic E-state index is 0.00144. The lowest BCUT2D eigenvalue weighted by Crippen LogP contribution is -2.21. The third-order valence-electron chi connectivity index (χ3n) is 2.09. The van der Waals surface area contributed by atoms with Crippen molar-refractivity contribution in [2.24, 2.45) is 5.92 Å². The predicted octanol–water partition coefficient (Wildman–Crippen LogP) is 2.15. The fourth-order valence-electron chi connectivity index (χ4n) is 1.30. The van der Waals surface area contributed by atoms with E-state index in [0.29, 0.717) is 18.8 Å². The second-order valence-electron chi connectivity index (χ2n) is 3.49. The van der Waals surface area contributed by atoms with Gasteiger partial charge < -0.3 is 5.11 Å². The fourth-order valence-corrected chi connectivity index (χ4v) is 1.30. The summed E-state index contributed by atoms with van der Waals surface area (Å²) < 4.78 is 0. The minimum Gasteiger partial charge on any atom is -0.385 e. The number of ketones is 1. The van der Waals surface area contributed by atoms with Crippen LogP contribution in [0.15, 0.2) is 0 Å². The Labute approximate surface area is 75.0 Å². The molecule has 0 saturated carbocycles. The third kappa shape index (κ3) is 4.50. The van der Waals surface area contributed by atoms with Gasteiger partial charge in [0, 0.05) is 6.42 Å². The molecule has 2 nitrogen and oxygen atoms in total. The summed E-state index contributed by atoms with van der Waals surface area (Å²) in [5.74, 6) is 0.419. The van der Waals surface area contributed by atoms with Gasteiger partial charge in [0.25, 0.3) is 0 Å². The zero-order valence-electron chi connectivity index (χ0n) is 8.34. The average molecular weight is 172 g/mol. The molecule has 2 unspecified atom stereocenters. The van der Waals surface area contributed by atoms with E-state index >= 15 is 0 Å². The molecule has 0 saturated heterocycles. The van der Waals surface area contributed by atoms with Crippen molar-refractivity contribution < 1.29 is 9.90 Å². The molecule has 2 atom stereocenters. The summed E-state index contributed by atoms with van der Waals surface area (Å²) in [4.78, 5) is 11.2. The Balaban J connectivity index is 3.67. The lowest BCUT2D eigenvalue weighted by atomic mass is 9.97. The highest BCUT2D eigenvalue weighted by Gasteiger charge is 2.15. The van der Waals surface area contributed by atoms with E-state index < -0.39 is 6.10 Å². The summed E-state index contributed by atoms with van der Waals surface area (Å²) in [5, 5.41) is 9.19. The van der Waals surface area contributed by atoms with E-state index in [0.717, 1.165) is 12.8 Å². The zero-order chi connectivity index (χ0) is 9.56. The van der Waals surface area contributed by atoms with Crippen LogP contribution >= 0.6 is 0 Å². The predicted molar refractivity (Wildman–Crippen MR) is 50.0 cm³/mol. The maximum absolute atomic E-state index is 11.2. The number of rotatable bonds is 6. The molecule has 0 aromatic rings. The lowest BCUT2D eigenvalue weighted by molar-refractivity contribution is -0.128. The molecule has 2 heteroatoms. The van der Waals surface area contributed by atoms with E-state index in [1.165, 1.54) is 0 Å². The molecule has 0 aromatic carbocycles. The van der Waals surface area contributed by atoms with Crippen molar-refractivity contribution >= 4 is 5.78 Å². The van der Waals surface area contributed by atoms with Gasteiger partial charge in [-0.15, -0.1) is 0 Å². The maximum Gasteiger partial charge on any atom is 0.161 e. The molecular formula is C10H20O2. The van der Waals surface area contributed by atoms with Crippen LogP contribution in [-0.4, -0.2) is 17.0 Å². The van der Waals surface area contributed by atoms with E-state index in [2.05, 4.69) is 13.8 Å². The molecule has 0 radical (unpaired) electrons. The Morgan fingerprint density at radius 3 is 2.42 bits per heavy atom. The first kappa shape index (κ1) is 11.6. The van der Waals surface area contributed by atoms with Crippen molar-refractivity contribution in [1.29, 1.82) is 0 Å². The molecule has 0 aromatic heterocycles. The first-order valence-corrected chi connectivity index (χ1v) is 4.82. The number of aliphatic hydroxyl groups is 1. The Morgan fingerprint density at radius 1 is 1.42 bits per heavy atom. The molecule has 0 fully saturated rings. The van der Waals surface area contributed by atoms with Gasteiger partial charge in [0.15, 0.2) is 5.78 Å². The summed E-state index contributed by atoms with van der Waals surface area (Å²) in [6.07, 6.45) is 2.52. The van der Waals surface area contributed by atoms with Crippen LogP contribution in [0.4, 0.5) is 0 Å². The highest BCUT2D eigenvalue weighted by Crippen LogP contribution is 2.12. The number of carbonyl (C=O) groups is 1. The van der Waals surface area contributed by atoms with Gasteiger partial charge >= 0.3 is 0 Å². The van der Waals surface area contributed by atoms with Crippen LogP contribution in [0.2, 0.25) is 0 Å². The molecule has 1 N–H and O–H groups in total. The molecule has 0 aliphatic rings. The summed E-state index contributed by atoms with van der Waals surface area (Å²) in [6.45, 7) is 5.99. The molecule has 0 amide bonds. The van der Waals surface area contributed by atoms with E-state index in [-0.39, 0.29) is 5.78 Å². The Kier molecular flexibility index (Phi) is 5.99. The van der Waals surface area contributed by atoms with Crippen LogP contribution < -0.4 is 0 Å². The van der Waals surface area contributed by atoms with Gasteiger partial charge in [0.05, 0.1) is 0 Å². The average Bonchev–Trinajstić information content (AvgIpc) is 2.03. The van der Waals surface area contributed by atoms with Crippen LogP contribution in [0.3, 0.4) is 0 Å². The quantitative estimate of drug-likeness (QED) is 0.666. The summed E-state index contributed by atoms with van der Waals surface area (Å²) >= 11 is 0. The van der Waals surface area contributed by atoms with Gasteiger partial charge in [-0.1, -0.05) is 33.6 Å². The van der Waals surface area contributed by atoms with Crippen molar-refractivity contribution in [2.45, 2.75) is 52.6 Å². The van der Waals surface area contributed by atoms with Gasteiger partial charge in [0.2, 0.25) is 0 Å². The lowest BCUT2D eigenvalue weighted by Gasteiger charge is -2.11. The maximum atomic E-state index is 11.2. The smallest absolute Gasteiger partial charge is 0.161 e. The number of carbonyl (C=O) groups excluding carboxylic acids is 1. The molecule has 0 heterocycles. The second-order valence-corrected chi connectivity index (χ2v) is 3.49. The Morgan fingerprint density at radius 2 is 2.00 bits per heavy atom. The van der Waals surface area contributed by atoms with Crippen molar-refractivity contribution in [3.63, 3.8) is 0 Å². The zero-order valence-corrected chi connectivity index (χ0v) is 8.34. The second kappa shape index (κ2) is 6.18. The Hall–Kier alpha value is -0.370. The normalized spacial score (nSPS) is 15.7. The topological polar surface area (TPSA) is 37.3 Å². The molecule has 72 valence electrons. The van der Waals surface area contributed by atoms with Gasteiger partial charge in [0.1, 0.15) is 6.10 Å². The van der Waals surface area contributed by atoms with Crippen LogP contribution in [0.1, 0.15) is 46.5 Å². The first-order valence-electron chi connectivity index (χ1n) is 4.82. The molecule has 0 bridgehead atoms. The summed E-state index contributed by atoms with van der Waals surface area (Å²) in [7, 11) is 0. The van der Waals surface area contributed by atoms with Crippen LogP contribution in [0.25, 0.3) is 0 Å². The van der Waals surface area contributed by atoms with Gasteiger partial charge in [-0.25, -0.2) is 0 Å². The van der Waals surface area contributed by atoms with Crippen LogP contribution in [0.5, 0.6) is 0 Å². The van der Waals surface area contributed by atoms with Crippen LogP contribution in [0, 0.1) is 5.92 Å². The Bertz CT molecular complexity index is 132. The number of Topliss-reactive ketones (excluding diaryl/α,β-unsaturated/α-hetero) is 1. The summed E-state index contributed by atoms with van der Waals surface area (Å²) in [5.41, 5.74) is 0. The first-order chi connectivity index (χ1) is 5.61. The molecular weight excluding hydrogens is 152 g/mol. The number of hydrogen-bond acceptors (Lipinski definition) is 2. The van der Waals surface area contributed by atoms with E-state index in [4.69, 9.17) is 0 Å². The van der Waals surface area contributed by atoms with Gasteiger partial charge in [-0.2, -0.15) is 0 Å². The van der Waals surface area contributed by atoms with E-state index in [1.807, 2.05) is 6.92 Å². The number of aliphatic hydroxyl groups excluding tert-OH is 1. The molecule has 0 aliphatic heterocycles. The number of hydrogen-bond donors (Lipinski definition) is 1. The standard InChI is InChI=1S/C10H20O2/c1-4-6-8(3)7-10(12)9(11)5-2/h8-9,11H,4-7H2,1-3H3. The summed E-state index contributed by atoms with van der Waals surface area (Å²) in [6, 6.07) is 0. The highest BCUT2D eigenvalue weighted by molar-refractivity contribution is 5.82. The van der Waals surface area contributed by atoms with Crippen molar-refractivity contribution in [3.05, 3.63) is 0 Å². The minimum atomic E-state index is -0.732. The van der Waals surface area contributed by atoms with Crippen molar-refractivity contribution in [2.75, 3.05) is 0 Å². The molecule has 0 spiro atoms. The monoisotopic (exact) mass is 172 g/mol. The highest BCUT2D eigenvalue weighted by atomic mass is 16.3. The third-order valence-corrected chi connectivity index (χ3v) is 2.09. The van der Waals surface area contributed by atoms with E-state index in [9.17, 15) is 9.90 Å². The van der Waals surface area contributed by atoms with Crippen LogP contribution in [-0.2, 0) is 4.79 Å². The molecule has 12 heavy (non-hydrogen) atoms. The van der Waals surface area contributed by atoms with Crippen molar-refractivity contribution in [1.82, 2.24) is 0 Å². The SMILES string of the molecule is CCCC(C)CC(=O)C(O)CC. The van der Waals surface area contributed by atoms with Crippen molar-refractivity contribution in [3.8, 4) is 0 Å². The van der Waals surface area contributed by atoms with Gasteiger partial charge in [-0.05, 0) is 12.3 Å². The largest absolute Gasteiger partial charge is 0.385 e.